The van der Waals surface area contributed by atoms with Gasteiger partial charge in [0.25, 0.3) is 0 Å². The minimum Gasteiger partial charge on any atom is -0.325 e. The van der Waals surface area contributed by atoms with Crippen LogP contribution < -0.4 is 11.1 Å². The summed E-state index contributed by atoms with van der Waals surface area (Å²) in [5, 5.41) is 2.78. The number of nitrogens with one attached hydrogen (secondary N) is 1. The fourth-order valence-corrected chi connectivity index (χ4v) is 1.42. The fraction of sp³-hybridized carbons (Fsp3) is 0.364. The number of halogens is 2. The largest absolute Gasteiger partial charge is 0.325 e. The molecule has 1 aromatic carbocycles. The third-order valence-electron chi connectivity index (χ3n) is 2.13. The first-order valence-electron chi connectivity index (χ1n) is 4.82. The summed E-state index contributed by atoms with van der Waals surface area (Å²) in [6.45, 7) is 3.86. The molecule has 0 saturated carbocycles. The summed E-state index contributed by atoms with van der Waals surface area (Å²) in [5.41, 5.74) is 6.51. The van der Waals surface area contributed by atoms with Gasteiger partial charge in [-0.25, -0.2) is 0 Å². The maximum atomic E-state index is 11.6. The number of hydrogen-bond acceptors (Lipinski definition) is 2. The lowest BCUT2D eigenvalue weighted by Gasteiger charge is -2.15. The molecule has 0 unspecified atom stereocenters. The van der Waals surface area contributed by atoms with Crippen LogP contribution in [0, 0.1) is 9.49 Å². The van der Waals surface area contributed by atoms with Crippen molar-refractivity contribution >= 4 is 46.6 Å². The van der Waals surface area contributed by atoms with Gasteiger partial charge in [0, 0.05) is 9.26 Å². The molecule has 90 valence electrons. The summed E-state index contributed by atoms with van der Waals surface area (Å²) in [4.78, 5) is 11.6. The summed E-state index contributed by atoms with van der Waals surface area (Å²) in [6, 6.07) is 7.16. The van der Waals surface area contributed by atoms with Crippen LogP contribution >= 0.6 is 35.0 Å². The standard InChI is InChI=1S/C11H15IN2O.ClH/c1-7(2)10(13)11(15)14-9-5-3-8(12)4-6-9;/h3-7,10H,13H2,1-2H3,(H,14,15);1H/t10-;/m1./s1. The van der Waals surface area contributed by atoms with Crippen LogP contribution in [0.25, 0.3) is 0 Å². The molecule has 0 radical (unpaired) electrons. The highest BCUT2D eigenvalue weighted by Gasteiger charge is 2.16. The average molecular weight is 355 g/mol. The molecular weight excluding hydrogens is 338 g/mol. The minimum atomic E-state index is -0.454. The van der Waals surface area contributed by atoms with E-state index in [1.165, 1.54) is 0 Å². The zero-order valence-corrected chi connectivity index (χ0v) is 12.2. The molecule has 3 N–H and O–H groups in total. The highest BCUT2D eigenvalue weighted by atomic mass is 127. The molecule has 16 heavy (non-hydrogen) atoms. The van der Waals surface area contributed by atoms with E-state index in [1.54, 1.807) is 0 Å². The monoisotopic (exact) mass is 354 g/mol. The van der Waals surface area contributed by atoms with Crippen molar-refractivity contribution in [1.82, 2.24) is 0 Å². The predicted molar refractivity (Wildman–Crippen MR) is 77.9 cm³/mol. The topological polar surface area (TPSA) is 55.1 Å². The van der Waals surface area contributed by atoms with E-state index < -0.39 is 6.04 Å². The Morgan fingerprint density at radius 1 is 1.31 bits per heavy atom. The second-order valence-corrected chi connectivity index (χ2v) is 5.01. The third kappa shape index (κ3) is 4.67. The van der Waals surface area contributed by atoms with E-state index in [9.17, 15) is 4.79 Å². The molecule has 0 aliphatic carbocycles. The number of benzene rings is 1. The zero-order chi connectivity index (χ0) is 11.4. The van der Waals surface area contributed by atoms with Gasteiger partial charge in [0.15, 0.2) is 0 Å². The van der Waals surface area contributed by atoms with E-state index in [0.29, 0.717) is 0 Å². The van der Waals surface area contributed by atoms with Crippen LogP contribution in [0.5, 0.6) is 0 Å². The van der Waals surface area contributed by atoms with Crippen LogP contribution in [-0.2, 0) is 4.79 Å². The number of amides is 1. The molecule has 0 bridgehead atoms. The summed E-state index contributed by atoms with van der Waals surface area (Å²) in [7, 11) is 0. The zero-order valence-electron chi connectivity index (χ0n) is 9.24. The van der Waals surface area contributed by atoms with Crippen molar-refractivity contribution in [2.24, 2.45) is 11.7 Å². The average Bonchev–Trinajstić information content (AvgIpc) is 2.20. The molecule has 1 amide bonds. The quantitative estimate of drug-likeness (QED) is 0.820. The molecule has 0 spiro atoms. The first-order valence-corrected chi connectivity index (χ1v) is 5.90. The fourth-order valence-electron chi connectivity index (χ4n) is 1.06. The predicted octanol–water partition coefficient (Wildman–Crippen LogP) is 2.63. The smallest absolute Gasteiger partial charge is 0.241 e. The van der Waals surface area contributed by atoms with Crippen molar-refractivity contribution in [2.45, 2.75) is 19.9 Å². The number of hydrogen-bond donors (Lipinski definition) is 2. The first-order chi connectivity index (χ1) is 7.00. The summed E-state index contributed by atoms with van der Waals surface area (Å²) < 4.78 is 1.14. The second kappa shape index (κ2) is 7.09. The molecule has 1 rings (SSSR count). The van der Waals surface area contributed by atoms with E-state index in [0.717, 1.165) is 9.26 Å². The Kier molecular flexibility index (Phi) is 6.94. The lowest BCUT2D eigenvalue weighted by Crippen LogP contribution is -2.39. The molecule has 0 aliphatic heterocycles. The van der Waals surface area contributed by atoms with Crippen LogP contribution in [0.3, 0.4) is 0 Å². The van der Waals surface area contributed by atoms with Crippen molar-refractivity contribution < 1.29 is 4.79 Å². The minimum absolute atomic E-state index is 0. The van der Waals surface area contributed by atoms with Gasteiger partial charge in [0.2, 0.25) is 5.91 Å². The van der Waals surface area contributed by atoms with Crippen molar-refractivity contribution in [1.29, 1.82) is 0 Å². The Balaban J connectivity index is 0.00000225. The number of rotatable bonds is 3. The molecule has 5 heteroatoms. The maximum absolute atomic E-state index is 11.6. The number of carbonyl (C=O) groups excluding carboxylic acids is 1. The molecule has 0 aliphatic rings. The molecule has 0 fully saturated rings. The first kappa shape index (κ1) is 15.7. The highest BCUT2D eigenvalue weighted by molar-refractivity contribution is 14.1. The van der Waals surface area contributed by atoms with Gasteiger partial charge >= 0.3 is 0 Å². The maximum Gasteiger partial charge on any atom is 0.241 e. The van der Waals surface area contributed by atoms with Gasteiger partial charge in [0.1, 0.15) is 0 Å². The highest BCUT2D eigenvalue weighted by Crippen LogP contribution is 2.12. The van der Waals surface area contributed by atoms with Crippen molar-refractivity contribution in [3.05, 3.63) is 27.8 Å². The lowest BCUT2D eigenvalue weighted by atomic mass is 10.1. The SMILES string of the molecule is CC(C)[C@@H](N)C(=O)Nc1ccc(I)cc1.Cl. The van der Waals surface area contributed by atoms with Crippen molar-refractivity contribution in [3.63, 3.8) is 0 Å². The van der Waals surface area contributed by atoms with E-state index in [1.807, 2.05) is 38.1 Å². The van der Waals surface area contributed by atoms with Crippen LogP contribution in [0.1, 0.15) is 13.8 Å². The molecule has 0 saturated heterocycles. The van der Waals surface area contributed by atoms with E-state index >= 15 is 0 Å². The van der Waals surface area contributed by atoms with Crippen LogP contribution in [-0.4, -0.2) is 11.9 Å². The van der Waals surface area contributed by atoms with Gasteiger partial charge in [-0.3, -0.25) is 4.79 Å². The van der Waals surface area contributed by atoms with Crippen molar-refractivity contribution in [3.8, 4) is 0 Å². The normalized spacial score (nSPS) is 11.8. The van der Waals surface area contributed by atoms with Gasteiger partial charge in [-0.1, -0.05) is 13.8 Å². The molecule has 0 aromatic heterocycles. The van der Waals surface area contributed by atoms with Gasteiger partial charge in [-0.15, -0.1) is 12.4 Å². The Bertz CT molecular complexity index is 340. The summed E-state index contributed by atoms with van der Waals surface area (Å²) >= 11 is 2.22. The van der Waals surface area contributed by atoms with E-state index in [-0.39, 0.29) is 24.2 Å². The molecule has 3 nitrogen and oxygen atoms in total. The molecular formula is C11H16ClIN2O. The van der Waals surface area contributed by atoms with Crippen LogP contribution in [0.15, 0.2) is 24.3 Å². The second-order valence-electron chi connectivity index (χ2n) is 3.77. The van der Waals surface area contributed by atoms with Crippen LogP contribution in [0.4, 0.5) is 5.69 Å². The third-order valence-corrected chi connectivity index (χ3v) is 2.85. The number of anilines is 1. The van der Waals surface area contributed by atoms with Gasteiger partial charge in [0.05, 0.1) is 6.04 Å². The summed E-state index contributed by atoms with van der Waals surface area (Å²) in [5.74, 6) is 0.0139. The molecule has 1 atom stereocenters. The van der Waals surface area contributed by atoms with Crippen molar-refractivity contribution in [2.75, 3.05) is 5.32 Å². The lowest BCUT2D eigenvalue weighted by molar-refractivity contribution is -0.118. The number of carbonyl (C=O) groups is 1. The van der Waals surface area contributed by atoms with E-state index in [4.69, 9.17) is 5.73 Å². The Hall–Kier alpha value is -0.330. The van der Waals surface area contributed by atoms with Gasteiger partial charge < -0.3 is 11.1 Å². The molecule has 1 aromatic rings. The van der Waals surface area contributed by atoms with Gasteiger partial charge in [-0.2, -0.15) is 0 Å². The number of nitrogens with two attached hydrogens (primary N) is 1. The Morgan fingerprint density at radius 2 is 1.81 bits per heavy atom. The summed E-state index contributed by atoms with van der Waals surface area (Å²) in [6.07, 6.45) is 0. The Morgan fingerprint density at radius 3 is 2.25 bits per heavy atom. The molecule has 0 heterocycles. The van der Waals surface area contributed by atoms with Gasteiger partial charge in [-0.05, 0) is 52.8 Å². The Labute approximate surface area is 116 Å². The van der Waals surface area contributed by atoms with Crippen LogP contribution in [0.2, 0.25) is 0 Å². The van der Waals surface area contributed by atoms with E-state index in [2.05, 4.69) is 27.9 Å².